The van der Waals surface area contributed by atoms with Gasteiger partial charge in [0.2, 0.25) is 11.8 Å². The molecule has 0 radical (unpaired) electrons. The smallest absolute Gasteiger partial charge is 0.407 e. The number of rotatable bonds is 17. The van der Waals surface area contributed by atoms with E-state index in [0.717, 1.165) is 72.6 Å². The van der Waals surface area contributed by atoms with E-state index < -0.39 is 18.2 Å². The number of nitrogens with zero attached hydrogens (tertiary/aromatic N) is 3. The van der Waals surface area contributed by atoms with E-state index in [4.69, 9.17) is 4.74 Å². The monoisotopic (exact) mass is 718 g/mol. The molecule has 14 heteroatoms. The van der Waals surface area contributed by atoms with Gasteiger partial charge in [0, 0.05) is 32.3 Å². The number of hydrogen-bond acceptors (Lipinski definition) is 8. The summed E-state index contributed by atoms with van der Waals surface area (Å²) in [4.78, 5) is 62.4. The van der Waals surface area contributed by atoms with Crippen LogP contribution in [0.2, 0.25) is 0 Å². The van der Waals surface area contributed by atoms with Gasteiger partial charge >= 0.3 is 12.2 Å². The lowest BCUT2D eigenvalue weighted by Gasteiger charge is -2.30. The van der Waals surface area contributed by atoms with Crippen LogP contribution in [0.4, 0.5) is 9.59 Å². The minimum Gasteiger partial charge on any atom is -0.453 e. The Morgan fingerprint density at radius 2 is 1.81 bits per heavy atom. The summed E-state index contributed by atoms with van der Waals surface area (Å²) in [5.41, 5.74) is 5.35. The molecule has 1 aliphatic carbocycles. The average molecular weight is 719 g/mol. The highest BCUT2D eigenvalue weighted by Crippen LogP contribution is 2.34. The Morgan fingerprint density at radius 3 is 2.46 bits per heavy atom. The molecule has 14 nitrogen and oxygen atoms in total. The van der Waals surface area contributed by atoms with Gasteiger partial charge in [-0.3, -0.25) is 14.6 Å². The van der Waals surface area contributed by atoms with Gasteiger partial charge in [-0.2, -0.15) is 0 Å². The molecule has 0 aromatic carbocycles. The Labute approximate surface area is 306 Å². The highest BCUT2D eigenvalue weighted by atomic mass is 16.5. The van der Waals surface area contributed by atoms with Crippen LogP contribution in [-0.4, -0.2) is 91.6 Å². The van der Waals surface area contributed by atoms with Crippen molar-refractivity contribution < 1.29 is 28.7 Å². The van der Waals surface area contributed by atoms with Gasteiger partial charge in [0.15, 0.2) is 0 Å². The fourth-order valence-corrected chi connectivity index (χ4v) is 5.82. The third-order valence-electron chi connectivity index (χ3n) is 8.93. The van der Waals surface area contributed by atoms with Gasteiger partial charge in [0.25, 0.3) is 0 Å². The summed E-state index contributed by atoms with van der Waals surface area (Å²) in [6.45, 7) is 17.2. The van der Waals surface area contributed by atoms with Crippen LogP contribution in [0.3, 0.4) is 0 Å². The minimum absolute atomic E-state index is 0.101. The zero-order chi connectivity index (χ0) is 38.2. The quantitative estimate of drug-likeness (QED) is 0.0646. The number of carbonyl (C=O) groups excluding carboxylic acids is 4. The topological polar surface area (TPSA) is 179 Å². The van der Waals surface area contributed by atoms with Gasteiger partial charge in [-0.25, -0.2) is 14.6 Å². The van der Waals surface area contributed by atoms with Crippen LogP contribution in [0.25, 0.3) is 5.57 Å². The minimum atomic E-state index is -0.682. The van der Waals surface area contributed by atoms with E-state index in [2.05, 4.69) is 72.9 Å². The predicted molar refractivity (Wildman–Crippen MR) is 202 cm³/mol. The fourth-order valence-electron chi connectivity index (χ4n) is 5.82. The van der Waals surface area contributed by atoms with Crippen molar-refractivity contribution in [2.45, 2.75) is 70.9 Å². The molecule has 1 aromatic rings. The molecule has 2 heterocycles. The van der Waals surface area contributed by atoms with Crippen LogP contribution in [-0.2, 0) is 19.1 Å². The number of carbonyl (C=O) groups is 4. The van der Waals surface area contributed by atoms with Crippen molar-refractivity contribution in [3.8, 4) is 0 Å². The molecule has 0 spiro atoms. The molecular formula is C38H54N8O6. The van der Waals surface area contributed by atoms with Crippen LogP contribution >= 0.6 is 0 Å². The van der Waals surface area contributed by atoms with E-state index >= 15 is 0 Å². The van der Waals surface area contributed by atoms with E-state index in [1.54, 1.807) is 7.05 Å². The van der Waals surface area contributed by atoms with Gasteiger partial charge in [-0.05, 0) is 66.7 Å². The van der Waals surface area contributed by atoms with Crippen LogP contribution in [0.15, 0.2) is 77.6 Å². The number of amides is 4. The summed E-state index contributed by atoms with van der Waals surface area (Å²) in [6, 6.07) is -0.874. The number of ether oxygens (including phenoxy) is 2. The van der Waals surface area contributed by atoms with Crippen molar-refractivity contribution in [3.05, 3.63) is 84.2 Å². The number of nitrogens with one attached hydrogen (secondary N) is 5. The number of methoxy groups -OCH3 is 2. The number of imidazole rings is 1. The highest BCUT2D eigenvalue weighted by molar-refractivity contribution is 5.86. The van der Waals surface area contributed by atoms with Crippen molar-refractivity contribution in [1.29, 1.82) is 0 Å². The molecule has 5 N–H and O–H groups in total. The Bertz CT molecular complexity index is 1620. The third-order valence-corrected chi connectivity index (χ3v) is 8.93. The summed E-state index contributed by atoms with van der Waals surface area (Å²) in [5, 5.41) is 11.0. The number of likely N-dealkylation sites (tertiary alicyclic amines) is 1. The molecule has 0 bridgehead atoms. The number of aromatic nitrogens is 2. The van der Waals surface area contributed by atoms with Crippen molar-refractivity contribution in [2.24, 2.45) is 10.9 Å². The lowest BCUT2D eigenvalue weighted by molar-refractivity contribution is -0.135. The van der Waals surface area contributed by atoms with Crippen molar-refractivity contribution >= 4 is 35.4 Å². The second kappa shape index (κ2) is 20.4. The number of unbranched alkanes of at least 4 members (excludes halogenated alkanes) is 1. The number of aromatic amines is 1. The lowest BCUT2D eigenvalue weighted by Crippen LogP contribution is -2.51. The number of alkyl carbamates (subject to hydrolysis) is 2. The summed E-state index contributed by atoms with van der Waals surface area (Å²) in [5.74, 6) is 0.976. The van der Waals surface area contributed by atoms with Gasteiger partial charge in [0.05, 0.1) is 38.7 Å². The van der Waals surface area contributed by atoms with E-state index in [1.165, 1.54) is 14.2 Å². The Kier molecular flexibility index (Phi) is 16.1. The largest absolute Gasteiger partial charge is 0.453 e. The zero-order valence-corrected chi connectivity index (χ0v) is 31.1. The van der Waals surface area contributed by atoms with Crippen LogP contribution in [0.1, 0.15) is 76.4 Å². The SMILES string of the molecule is C=C(/C=C\C(=C)C1=CC=C(c2cnc(C3CCCN3C(=O)C(NC(=O)OC)C(C)C)[nH]2)CC1)C(=C)NC(CCCCNC(=O)CNC(=O)OC)=NC. The van der Waals surface area contributed by atoms with Gasteiger partial charge < -0.3 is 40.6 Å². The number of aliphatic imine (C=N–C) groups is 1. The Hall–Kier alpha value is -5.40. The van der Waals surface area contributed by atoms with Gasteiger partial charge in [-0.15, -0.1) is 0 Å². The van der Waals surface area contributed by atoms with E-state index in [1.807, 2.05) is 37.1 Å². The first-order valence-electron chi connectivity index (χ1n) is 17.5. The summed E-state index contributed by atoms with van der Waals surface area (Å²) in [7, 11) is 4.23. The third kappa shape index (κ3) is 12.1. The maximum absolute atomic E-state index is 13.5. The molecule has 2 unspecified atom stereocenters. The Balaban J connectivity index is 1.49. The summed E-state index contributed by atoms with van der Waals surface area (Å²) < 4.78 is 9.18. The van der Waals surface area contributed by atoms with Crippen LogP contribution in [0, 0.1) is 5.92 Å². The molecule has 1 fully saturated rings. The lowest BCUT2D eigenvalue weighted by atomic mass is 9.92. The molecule has 1 aliphatic heterocycles. The average Bonchev–Trinajstić information content (AvgIpc) is 3.84. The second-order valence-electron chi connectivity index (χ2n) is 12.9. The molecule has 282 valence electrons. The number of H-pyrrole nitrogens is 1. The molecule has 0 saturated carbocycles. The van der Waals surface area contributed by atoms with Gasteiger partial charge in [0.1, 0.15) is 17.7 Å². The Morgan fingerprint density at radius 1 is 1.06 bits per heavy atom. The first-order chi connectivity index (χ1) is 24.9. The normalized spacial score (nSPS) is 16.5. The molecule has 2 atom stereocenters. The van der Waals surface area contributed by atoms with E-state index in [0.29, 0.717) is 30.8 Å². The number of hydrogen-bond donors (Lipinski definition) is 5. The molecule has 4 amide bonds. The number of allylic oxidation sites excluding steroid dienone is 7. The number of amidine groups is 1. The zero-order valence-electron chi connectivity index (χ0n) is 31.1. The van der Waals surface area contributed by atoms with Gasteiger partial charge in [-0.1, -0.05) is 57.9 Å². The predicted octanol–water partition coefficient (Wildman–Crippen LogP) is 5.00. The first kappa shape index (κ1) is 41.0. The standard InChI is InChI=1S/C38H54N8O6/c1-24(2)34(45-38(50)52-8)36(48)46-21-11-12-31(46)35-41-22-30(44-35)29-18-16-28(17-19-29)26(4)15-14-25(3)27(5)43-32(39-6)13-9-10-20-40-33(47)23-42-37(49)51-7/h14-16,18,22,24,31,34H,3-5,9-13,17,19-21,23H2,1-2,6-8H3,(H,39,43)(H,40,47)(H,41,44)(H,42,49)(H,45,50)/b15-14-. The maximum Gasteiger partial charge on any atom is 0.407 e. The van der Waals surface area contributed by atoms with E-state index in [9.17, 15) is 19.2 Å². The van der Waals surface area contributed by atoms with Crippen molar-refractivity contribution in [2.75, 3.05) is 40.9 Å². The molecular weight excluding hydrogens is 664 g/mol. The fraction of sp³-hybridized carbons (Fsp3) is 0.474. The summed E-state index contributed by atoms with van der Waals surface area (Å²) in [6.07, 6.45) is 13.9. The van der Waals surface area contributed by atoms with E-state index in [-0.39, 0.29) is 30.3 Å². The van der Waals surface area contributed by atoms with Crippen molar-refractivity contribution in [3.63, 3.8) is 0 Å². The van der Waals surface area contributed by atoms with Crippen molar-refractivity contribution in [1.82, 2.24) is 36.1 Å². The van der Waals surface area contributed by atoms with Crippen LogP contribution in [0.5, 0.6) is 0 Å². The second-order valence-corrected chi connectivity index (χ2v) is 12.9. The van der Waals surface area contributed by atoms with Crippen LogP contribution < -0.4 is 21.3 Å². The molecule has 52 heavy (non-hydrogen) atoms. The molecule has 3 rings (SSSR count). The molecule has 1 saturated heterocycles. The summed E-state index contributed by atoms with van der Waals surface area (Å²) >= 11 is 0. The molecule has 1 aromatic heterocycles. The maximum atomic E-state index is 13.5. The first-order valence-corrected chi connectivity index (χ1v) is 17.5. The molecule has 2 aliphatic rings. The highest BCUT2D eigenvalue weighted by Gasteiger charge is 2.37.